The molecule has 0 spiro atoms. The molecule has 3 heteroatoms. The first kappa shape index (κ1) is 13.2. The summed E-state index contributed by atoms with van der Waals surface area (Å²) in [4.78, 5) is 2.50. The average Bonchev–Trinajstić information content (AvgIpc) is 2.78. The average molecular weight is 317 g/mol. The summed E-state index contributed by atoms with van der Waals surface area (Å²) in [5, 5.41) is 1.69. The van der Waals surface area contributed by atoms with Crippen LogP contribution in [0.2, 0.25) is 5.02 Å². The smallest absolute Gasteiger partial charge is 0.0410 e. The van der Waals surface area contributed by atoms with Crippen molar-refractivity contribution < 1.29 is 0 Å². The Morgan fingerprint density at radius 1 is 1.47 bits per heavy atom. The summed E-state index contributed by atoms with van der Waals surface area (Å²) in [7, 11) is 0. The van der Waals surface area contributed by atoms with Gasteiger partial charge in [0.1, 0.15) is 0 Å². The van der Waals surface area contributed by atoms with Crippen molar-refractivity contribution in [3.63, 3.8) is 0 Å². The van der Waals surface area contributed by atoms with E-state index in [9.17, 15) is 0 Å². The normalized spacial score (nSPS) is 20.3. The molecule has 1 fully saturated rings. The van der Waals surface area contributed by atoms with Crippen LogP contribution >= 0.6 is 27.5 Å². The first-order valence-electron chi connectivity index (χ1n) is 6.21. The molecular formula is C14H19BrClN. The quantitative estimate of drug-likeness (QED) is 0.730. The van der Waals surface area contributed by atoms with E-state index >= 15 is 0 Å². The van der Waals surface area contributed by atoms with Crippen LogP contribution in [0.1, 0.15) is 25.8 Å². The number of hydrogen-bond donors (Lipinski definition) is 0. The van der Waals surface area contributed by atoms with Crippen molar-refractivity contribution in [1.82, 2.24) is 0 Å². The molecule has 1 aliphatic heterocycles. The van der Waals surface area contributed by atoms with Gasteiger partial charge in [0.25, 0.3) is 0 Å². The molecule has 0 N–H and O–H groups in total. The molecule has 94 valence electrons. The summed E-state index contributed by atoms with van der Waals surface area (Å²) in [6, 6.07) is 6.21. The maximum Gasteiger partial charge on any atom is 0.0410 e. The van der Waals surface area contributed by atoms with Gasteiger partial charge in [-0.3, -0.25) is 0 Å². The van der Waals surface area contributed by atoms with Crippen molar-refractivity contribution >= 4 is 33.2 Å². The number of nitrogens with zero attached hydrogens (tertiary/aromatic N) is 1. The third-order valence-corrected chi connectivity index (χ3v) is 4.53. The van der Waals surface area contributed by atoms with E-state index in [2.05, 4.69) is 46.8 Å². The van der Waals surface area contributed by atoms with Crippen LogP contribution in [0, 0.1) is 11.8 Å². The number of hydrogen-bond acceptors (Lipinski definition) is 1. The Morgan fingerprint density at radius 2 is 2.24 bits per heavy atom. The largest absolute Gasteiger partial charge is 0.371 e. The van der Waals surface area contributed by atoms with Crippen molar-refractivity contribution in [2.45, 2.75) is 25.6 Å². The molecule has 1 heterocycles. The highest BCUT2D eigenvalue weighted by Crippen LogP contribution is 2.32. The Kier molecular flexibility index (Phi) is 4.37. The molecule has 0 amide bonds. The zero-order chi connectivity index (χ0) is 12.4. The molecule has 0 saturated carbocycles. The van der Waals surface area contributed by atoms with E-state index in [1.165, 1.54) is 30.8 Å². The van der Waals surface area contributed by atoms with Crippen molar-refractivity contribution in [3.8, 4) is 0 Å². The fraction of sp³-hybridized carbons (Fsp3) is 0.571. The second kappa shape index (κ2) is 5.62. The zero-order valence-electron chi connectivity index (χ0n) is 10.4. The second-order valence-corrected chi connectivity index (χ2v) is 6.14. The molecule has 0 aliphatic carbocycles. The Hall–Kier alpha value is -0.210. The number of halogens is 2. The monoisotopic (exact) mass is 315 g/mol. The first-order valence-corrected chi connectivity index (χ1v) is 7.71. The van der Waals surface area contributed by atoms with E-state index in [1.54, 1.807) is 0 Å². The highest BCUT2D eigenvalue weighted by molar-refractivity contribution is 9.08. The predicted molar refractivity (Wildman–Crippen MR) is 79.2 cm³/mol. The van der Waals surface area contributed by atoms with Gasteiger partial charge in [-0.1, -0.05) is 41.4 Å². The molecule has 2 rings (SSSR count). The minimum Gasteiger partial charge on any atom is -0.371 e. The van der Waals surface area contributed by atoms with Crippen LogP contribution in [0.4, 0.5) is 5.69 Å². The van der Waals surface area contributed by atoms with E-state index in [-0.39, 0.29) is 0 Å². The summed E-state index contributed by atoms with van der Waals surface area (Å²) in [6.07, 6.45) is 1.31. The number of alkyl halides is 1. The van der Waals surface area contributed by atoms with Crippen molar-refractivity contribution in [2.75, 3.05) is 18.0 Å². The molecule has 17 heavy (non-hydrogen) atoms. The van der Waals surface area contributed by atoms with E-state index < -0.39 is 0 Å². The molecule has 1 nitrogen and oxygen atoms in total. The second-order valence-electron chi connectivity index (χ2n) is 5.15. The van der Waals surface area contributed by atoms with Crippen molar-refractivity contribution in [1.29, 1.82) is 0 Å². The fourth-order valence-electron chi connectivity index (χ4n) is 2.52. The van der Waals surface area contributed by atoms with Crippen LogP contribution in [0.25, 0.3) is 0 Å². The molecule has 1 aromatic rings. The van der Waals surface area contributed by atoms with Gasteiger partial charge in [0.2, 0.25) is 0 Å². The summed E-state index contributed by atoms with van der Waals surface area (Å²) in [5.41, 5.74) is 2.64. The Balaban J connectivity index is 2.18. The number of anilines is 1. The SMILES string of the molecule is CC(C)C1CCN(c2ccc(Cl)cc2CBr)C1. The van der Waals surface area contributed by atoms with E-state index in [0.717, 1.165) is 22.2 Å². The molecule has 0 radical (unpaired) electrons. The van der Waals surface area contributed by atoms with E-state index in [4.69, 9.17) is 11.6 Å². The number of benzene rings is 1. The minimum atomic E-state index is 0.778. The molecule has 1 aliphatic rings. The van der Waals surface area contributed by atoms with Crippen molar-refractivity contribution in [2.24, 2.45) is 11.8 Å². The molecule has 1 unspecified atom stereocenters. The third-order valence-electron chi connectivity index (χ3n) is 3.69. The summed E-state index contributed by atoms with van der Waals surface area (Å²) in [6.45, 7) is 6.99. The Labute approximate surface area is 117 Å². The highest BCUT2D eigenvalue weighted by atomic mass is 79.9. The molecule has 1 aromatic carbocycles. The van der Waals surface area contributed by atoms with E-state index in [1.807, 2.05) is 6.07 Å². The van der Waals surface area contributed by atoms with Crippen LogP contribution in [0.15, 0.2) is 18.2 Å². The van der Waals surface area contributed by atoms with Gasteiger partial charge in [-0.05, 0) is 42.0 Å². The van der Waals surface area contributed by atoms with Gasteiger partial charge in [0.05, 0.1) is 0 Å². The lowest BCUT2D eigenvalue weighted by atomic mass is 9.95. The topological polar surface area (TPSA) is 3.24 Å². The van der Waals surface area contributed by atoms with Gasteiger partial charge < -0.3 is 4.90 Å². The van der Waals surface area contributed by atoms with Gasteiger partial charge in [-0.15, -0.1) is 0 Å². The van der Waals surface area contributed by atoms with Crippen LogP contribution in [-0.4, -0.2) is 13.1 Å². The Bertz CT molecular complexity index is 392. The molecule has 1 saturated heterocycles. The summed E-state index contributed by atoms with van der Waals surface area (Å²) in [5.74, 6) is 1.61. The lowest BCUT2D eigenvalue weighted by molar-refractivity contribution is 0.422. The van der Waals surface area contributed by atoms with Crippen molar-refractivity contribution in [3.05, 3.63) is 28.8 Å². The van der Waals surface area contributed by atoms with Crippen LogP contribution in [-0.2, 0) is 5.33 Å². The lowest BCUT2D eigenvalue weighted by Crippen LogP contribution is -2.22. The maximum absolute atomic E-state index is 6.04. The van der Waals surface area contributed by atoms with Gasteiger partial charge in [-0.25, -0.2) is 0 Å². The first-order chi connectivity index (χ1) is 8.11. The van der Waals surface area contributed by atoms with Crippen LogP contribution < -0.4 is 4.90 Å². The molecule has 0 bridgehead atoms. The molecule has 1 atom stereocenters. The minimum absolute atomic E-state index is 0.778. The fourth-order valence-corrected chi connectivity index (χ4v) is 3.16. The van der Waals surface area contributed by atoms with Gasteiger partial charge >= 0.3 is 0 Å². The van der Waals surface area contributed by atoms with Crippen LogP contribution in [0.5, 0.6) is 0 Å². The standard InChI is InChI=1S/C14H19BrClN/c1-10(2)11-5-6-17(9-11)14-4-3-13(16)7-12(14)8-15/h3-4,7,10-11H,5-6,8-9H2,1-2H3. The molecule has 0 aromatic heterocycles. The van der Waals surface area contributed by atoms with E-state index in [0.29, 0.717) is 0 Å². The van der Waals surface area contributed by atoms with Gasteiger partial charge in [0.15, 0.2) is 0 Å². The number of rotatable bonds is 3. The maximum atomic E-state index is 6.04. The third kappa shape index (κ3) is 2.97. The summed E-state index contributed by atoms with van der Waals surface area (Å²) < 4.78 is 0. The molecular weight excluding hydrogens is 298 g/mol. The Morgan fingerprint density at radius 3 is 2.82 bits per heavy atom. The zero-order valence-corrected chi connectivity index (χ0v) is 12.8. The lowest BCUT2D eigenvalue weighted by Gasteiger charge is -2.22. The van der Waals surface area contributed by atoms with Crippen LogP contribution in [0.3, 0.4) is 0 Å². The van der Waals surface area contributed by atoms with Gasteiger partial charge in [-0.2, -0.15) is 0 Å². The highest BCUT2D eigenvalue weighted by Gasteiger charge is 2.25. The summed E-state index contributed by atoms with van der Waals surface area (Å²) >= 11 is 9.59. The van der Waals surface area contributed by atoms with Gasteiger partial charge in [0, 0.05) is 29.1 Å². The predicted octanol–water partition coefficient (Wildman–Crippen LogP) is 4.72.